The van der Waals surface area contributed by atoms with Gasteiger partial charge in [0.15, 0.2) is 11.6 Å². The van der Waals surface area contributed by atoms with E-state index in [0.717, 1.165) is 5.56 Å². The summed E-state index contributed by atoms with van der Waals surface area (Å²) in [5, 5.41) is 0. The van der Waals surface area contributed by atoms with Crippen molar-refractivity contribution in [2.75, 3.05) is 0 Å². The number of fused-ring (bicyclic) bond motifs is 3. The lowest BCUT2D eigenvalue weighted by atomic mass is 9.50. The number of hydrogen-bond donors (Lipinski definition) is 0. The fourth-order valence-electron chi connectivity index (χ4n) is 4.65. The molecular weight excluding hydrogens is 308 g/mol. The zero-order valence-electron chi connectivity index (χ0n) is 13.6. The second-order valence-electron chi connectivity index (χ2n) is 7.34. The van der Waals surface area contributed by atoms with Gasteiger partial charge in [0.25, 0.3) is 0 Å². The van der Waals surface area contributed by atoms with Crippen molar-refractivity contribution in [2.45, 2.75) is 32.8 Å². The number of furan rings is 1. The van der Waals surface area contributed by atoms with Crippen LogP contribution in [0.3, 0.4) is 0 Å². The van der Waals surface area contributed by atoms with E-state index in [2.05, 4.69) is 0 Å². The number of esters is 1. The van der Waals surface area contributed by atoms with Gasteiger partial charge in [-0.15, -0.1) is 0 Å². The Morgan fingerprint density at radius 2 is 1.92 bits per heavy atom. The van der Waals surface area contributed by atoms with Gasteiger partial charge < -0.3 is 9.15 Å². The van der Waals surface area contributed by atoms with E-state index in [-0.39, 0.29) is 11.6 Å². The summed E-state index contributed by atoms with van der Waals surface area (Å²) < 4.78 is 10.7. The first-order valence-corrected chi connectivity index (χ1v) is 8.06. The van der Waals surface area contributed by atoms with Gasteiger partial charge in [-0.25, -0.2) is 4.79 Å². The number of allylic oxidation sites excluding steroid dienone is 3. The van der Waals surface area contributed by atoms with Crippen LogP contribution in [0.4, 0.5) is 0 Å². The van der Waals surface area contributed by atoms with E-state index in [4.69, 9.17) is 9.15 Å². The summed E-state index contributed by atoms with van der Waals surface area (Å²) in [6.07, 6.45) is 7.95. The fraction of sp³-hybridized carbons (Fsp3) is 0.421. The van der Waals surface area contributed by atoms with Crippen molar-refractivity contribution in [3.05, 3.63) is 48.0 Å². The molecular formula is C19H18O5. The molecule has 1 saturated heterocycles. The molecule has 124 valence electrons. The summed E-state index contributed by atoms with van der Waals surface area (Å²) in [7, 11) is 0. The molecule has 1 aliphatic heterocycles. The lowest BCUT2D eigenvalue weighted by Gasteiger charge is -2.53. The van der Waals surface area contributed by atoms with Crippen LogP contribution >= 0.6 is 0 Å². The van der Waals surface area contributed by atoms with Crippen LogP contribution in [0.2, 0.25) is 0 Å². The van der Waals surface area contributed by atoms with Crippen molar-refractivity contribution in [1.82, 2.24) is 0 Å². The molecule has 1 fully saturated rings. The maximum atomic E-state index is 12.7. The molecule has 2 heterocycles. The molecule has 4 unspecified atom stereocenters. The van der Waals surface area contributed by atoms with Gasteiger partial charge in [0, 0.05) is 27.9 Å². The predicted octanol–water partition coefficient (Wildman–Crippen LogP) is 2.93. The fourth-order valence-corrected chi connectivity index (χ4v) is 4.65. The van der Waals surface area contributed by atoms with Crippen molar-refractivity contribution in [3.63, 3.8) is 0 Å². The van der Waals surface area contributed by atoms with Gasteiger partial charge in [0.05, 0.1) is 12.5 Å². The maximum Gasteiger partial charge on any atom is 0.334 e. The van der Waals surface area contributed by atoms with Gasteiger partial charge in [-0.05, 0) is 31.1 Å². The van der Waals surface area contributed by atoms with Crippen LogP contribution in [0.1, 0.15) is 38.4 Å². The minimum Gasteiger partial charge on any atom is -0.472 e. The number of carbonyl (C=O) groups is 3. The molecule has 4 atom stereocenters. The van der Waals surface area contributed by atoms with Gasteiger partial charge in [0.1, 0.15) is 6.10 Å². The first kappa shape index (κ1) is 15.1. The highest BCUT2D eigenvalue weighted by molar-refractivity contribution is 6.11. The van der Waals surface area contributed by atoms with Crippen molar-refractivity contribution >= 4 is 17.5 Å². The van der Waals surface area contributed by atoms with Crippen molar-refractivity contribution < 1.29 is 23.5 Å². The predicted molar refractivity (Wildman–Crippen MR) is 83.7 cm³/mol. The summed E-state index contributed by atoms with van der Waals surface area (Å²) in [6.45, 7) is 3.73. The standard InChI is InChI=1S/C19H18O5/c1-18-7-5-12-17(22)24-14(11-6-8-23-10-11)9-19(12,2)16(18)13(20)3-4-15(18)21/h3-6,8,10,14,16H,7,9H2,1-2H3. The van der Waals surface area contributed by atoms with Crippen LogP contribution in [0.25, 0.3) is 0 Å². The maximum absolute atomic E-state index is 12.7. The third-order valence-corrected chi connectivity index (χ3v) is 5.86. The molecule has 4 rings (SSSR count). The lowest BCUT2D eigenvalue weighted by Crippen LogP contribution is -2.55. The van der Waals surface area contributed by atoms with Crippen molar-refractivity contribution in [1.29, 1.82) is 0 Å². The largest absolute Gasteiger partial charge is 0.472 e. The zero-order valence-corrected chi connectivity index (χ0v) is 13.6. The Hall–Kier alpha value is -2.43. The van der Waals surface area contributed by atoms with Gasteiger partial charge >= 0.3 is 5.97 Å². The Morgan fingerprint density at radius 3 is 2.62 bits per heavy atom. The number of ketones is 2. The number of rotatable bonds is 1. The molecule has 0 bridgehead atoms. The van der Waals surface area contributed by atoms with E-state index >= 15 is 0 Å². The Balaban J connectivity index is 1.84. The van der Waals surface area contributed by atoms with Gasteiger partial charge in [-0.2, -0.15) is 0 Å². The molecule has 1 aromatic rings. The van der Waals surface area contributed by atoms with Crippen LogP contribution in [0, 0.1) is 16.7 Å². The molecule has 0 saturated carbocycles. The Kier molecular flexibility index (Phi) is 3.02. The monoisotopic (exact) mass is 326 g/mol. The average Bonchev–Trinajstić information content (AvgIpc) is 3.04. The second kappa shape index (κ2) is 4.79. The molecule has 3 aliphatic rings. The van der Waals surface area contributed by atoms with Crippen molar-refractivity contribution in [3.8, 4) is 0 Å². The quantitative estimate of drug-likeness (QED) is 0.742. The van der Waals surface area contributed by atoms with Gasteiger partial charge in [-0.1, -0.05) is 19.9 Å². The minimum atomic E-state index is -0.803. The number of carbonyl (C=O) groups excluding carboxylic acids is 3. The molecule has 1 aromatic heterocycles. The van der Waals surface area contributed by atoms with E-state index in [1.165, 1.54) is 18.4 Å². The number of ether oxygens (including phenoxy) is 1. The summed E-state index contributed by atoms with van der Waals surface area (Å²) in [5.74, 6) is -1.11. The lowest BCUT2D eigenvalue weighted by molar-refractivity contribution is -0.161. The molecule has 0 amide bonds. The van der Waals surface area contributed by atoms with E-state index in [1.807, 2.05) is 13.8 Å². The third-order valence-electron chi connectivity index (χ3n) is 5.86. The molecule has 0 N–H and O–H groups in total. The molecule has 0 spiro atoms. The van der Waals surface area contributed by atoms with Crippen LogP contribution in [0.15, 0.2) is 46.8 Å². The number of hydrogen-bond acceptors (Lipinski definition) is 5. The highest BCUT2D eigenvalue weighted by atomic mass is 16.5. The summed E-state index contributed by atoms with van der Waals surface area (Å²) in [5.41, 5.74) is -0.257. The molecule has 2 aliphatic carbocycles. The third kappa shape index (κ3) is 1.84. The smallest absolute Gasteiger partial charge is 0.334 e. The second-order valence-corrected chi connectivity index (χ2v) is 7.34. The zero-order chi connectivity index (χ0) is 17.1. The van der Waals surface area contributed by atoms with Gasteiger partial charge in [0.2, 0.25) is 0 Å². The van der Waals surface area contributed by atoms with Crippen LogP contribution in [-0.4, -0.2) is 17.5 Å². The van der Waals surface area contributed by atoms with E-state index < -0.39 is 28.8 Å². The summed E-state index contributed by atoms with van der Waals surface area (Å²) >= 11 is 0. The van der Waals surface area contributed by atoms with E-state index in [9.17, 15) is 14.4 Å². The van der Waals surface area contributed by atoms with Crippen molar-refractivity contribution in [2.24, 2.45) is 16.7 Å². The summed E-state index contributed by atoms with van der Waals surface area (Å²) in [4.78, 5) is 37.8. The first-order valence-electron chi connectivity index (χ1n) is 8.06. The van der Waals surface area contributed by atoms with Crippen LogP contribution < -0.4 is 0 Å². The van der Waals surface area contributed by atoms with Crippen LogP contribution in [-0.2, 0) is 19.1 Å². The molecule has 5 heteroatoms. The van der Waals surface area contributed by atoms with E-state index in [1.54, 1.807) is 18.4 Å². The highest BCUT2D eigenvalue weighted by Crippen LogP contribution is 2.59. The van der Waals surface area contributed by atoms with Gasteiger partial charge in [-0.3, -0.25) is 9.59 Å². The average molecular weight is 326 g/mol. The normalized spacial score (nSPS) is 38.2. The van der Waals surface area contributed by atoms with Crippen LogP contribution in [0.5, 0.6) is 0 Å². The molecule has 0 aromatic carbocycles. The Bertz CT molecular complexity index is 800. The van der Waals surface area contributed by atoms with E-state index in [0.29, 0.717) is 18.4 Å². The Morgan fingerprint density at radius 1 is 1.12 bits per heavy atom. The molecule has 0 radical (unpaired) electrons. The molecule has 5 nitrogen and oxygen atoms in total. The minimum absolute atomic E-state index is 0.0533. The topological polar surface area (TPSA) is 73.6 Å². The number of cyclic esters (lactones) is 1. The first-order chi connectivity index (χ1) is 11.4. The SMILES string of the molecule is CC12CC=C3C(=O)OC(c4ccoc4)CC3(C)C1C(=O)C=CC2=O. The highest BCUT2D eigenvalue weighted by Gasteiger charge is 2.61. The molecule has 24 heavy (non-hydrogen) atoms. The Labute approximate surface area is 139 Å². The summed E-state index contributed by atoms with van der Waals surface area (Å²) in [6, 6.07) is 1.76.